The van der Waals surface area contributed by atoms with E-state index >= 15 is 0 Å². The summed E-state index contributed by atoms with van der Waals surface area (Å²) in [6.07, 6.45) is 0.810. The number of para-hydroxylation sites is 2. The average molecular weight is 447 g/mol. The van der Waals surface area contributed by atoms with Gasteiger partial charge < -0.3 is 10.1 Å². The predicted octanol–water partition coefficient (Wildman–Crippen LogP) is 5.83. The molecule has 0 spiro atoms. The fraction of sp³-hybridized carbons (Fsp3) is 0.154. The summed E-state index contributed by atoms with van der Waals surface area (Å²) in [6.45, 7) is 4.39. The van der Waals surface area contributed by atoms with Gasteiger partial charge in [0.2, 0.25) is 0 Å². The number of carbonyl (C=O) groups is 2. The number of hydrogen-bond donors (Lipinski definition) is 1. The standard InChI is InChI=1S/C26H23ClN2O3/c1-3-15-32-22-12-8-7-11-21(22)29-25(30)23(18-9-5-4-6-10-18)24(26(29)31)28-19-14-13-17(2)20(27)16-19/h4-14,16,28H,3,15H2,1-2H3. The van der Waals surface area contributed by atoms with Gasteiger partial charge in [0, 0.05) is 10.7 Å². The lowest BCUT2D eigenvalue weighted by molar-refractivity contribution is -0.120. The maximum Gasteiger partial charge on any atom is 0.282 e. The highest BCUT2D eigenvalue weighted by Gasteiger charge is 2.41. The van der Waals surface area contributed by atoms with Crippen LogP contribution in [0.5, 0.6) is 5.75 Å². The van der Waals surface area contributed by atoms with Gasteiger partial charge in [-0.25, -0.2) is 4.90 Å². The number of carbonyl (C=O) groups excluding carboxylic acids is 2. The molecule has 0 aromatic heterocycles. The largest absolute Gasteiger partial charge is 0.491 e. The molecule has 162 valence electrons. The van der Waals surface area contributed by atoms with Crippen molar-refractivity contribution in [2.24, 2.45) is 0 Å². The molecule has 1 N–H and O–H groups in total. The Bertz CT molecular complexity index is 1200. The van der Waals surface area contributed by atoms with Gasteiger partial charge in [-0.15, -0.1) is 0 Å². The van der Waals surface area contributed by atoms with Crippen LogP contribution < -0.4 is 15.0 Å². The number of amides is 2. The highest BCUT2D eigenvalue weighted by molar-refractivity contribution is 6.46. The van der Waals surface area contributed by atoms with E-state index in [2.05, 4.69) is 5.32 Å². The number of imide groups is 1. The first kappa shape index (κ1) is 21.7. The molecule has 1 aliphatic heterocycles. The average Bonchev–Trinajstić information content (AvgIpc) is 3.04. The molecule has 2 amide bonds. The molecule has 0 aliphatic carbocycles. The van der Waals surface area contributed by atoms with E-state index in [1.807, 2.05) is 62.4 Å². The Labute approximate surface area is 192 Å². The first-order valence-electron chi connectivity index (χ1n) is 10.4. The second-order valence-corrected chi connectivity index (χ2v) is 7.87. The molecule has 0 radical (unpaired) electrons. The van der Waals surface area contributed by atoms with Gasteiger partial charge in [0.1, 0.15) is 11.4 Å². The lowest BCUT2D eigenvalue weighted by atomic mass is 10.0. The zero-order chi connectivity index (χ0) is 22.7. The van der Waals surface area contributed by atoms with Gasteiger partial charge in [-0.3, -0.25) is 9.59 Å². The van der Waals surface area contributed by atoms with Gasteiger partial charge >= 0.3 is 0 Å². The predicted molar refractivity (Wildman–Crippen MR) is 128 cm³/mol. The monoisotopic (exact) mass is 446 g/mol. The van der Waals surface area contributed by atoms with Crippen LogP contribution in [-0.4, -0.2) is 18.4 Å². The lowest BCUT2D eigenvalue weighted by Gasteiger charge is -2.19. The van der Waals surface area contributed by atoms with Crippen LogP contribution in [0, 0.1) is 6.92 Å². The Balaban J connectivity index is 1.80. The number of halogens is 1. The van der Waals surface area contributed by atoms with Gasteiger partial charge in [0.25, 0.3) is 11.8 Å². The summed E-state index contributed by atoms with van der Waals surface area (Å²) in [5, 5.41) is 3.72. The SMILES string of the molecule is CCCOc1ccccc1N1C(=O)C(Nc2ccc(C)c(Cl)c2)=C(c2ccccc2)C1=O. The number of nitrogens with zero attached hydrogens (tertiary/aromatic N) is 1. The van der Waals surface area contributed by atoms with Gasteiger partial charge in [-0.2, -0.15) is 0 Å². The van der Waals surface area contributed by atoms with Crippen LogP contribution in [-0.2, 0) is 9.59 Å². The molecule has 4 rings (SSSR count). The molecule has 0 saturated heterocycles. The number of rotatable bonds is 7. The third kappa shape index (κ3) is 4.12. The summed E-state index contributed by atoms with van der Waals surface area (Å²) >= 11 is 6.28. The van der Waals surface area contributed by atoms with Crippen LogP contribution in [0.3, 0.4) is 0 Å². The number of ether oxygens (including phenoxy) is 1. The van der Waals surface area contributed by atoms with Crippen molar-refractivity contribution in [3.63, 3.8) is 0 Å². The summed E-state index contributed by atoms with van der Waals surface area (Å²) in [7, 11) is 0. The zero-order valence-corrected chi connectivity index (χ0v) is 18.6. The fourth-order valence-electron chi connectivity index (χ4n) is 3.53. The van der Waals surface area contributed by atoms with Crippen molar-refractivity contribution >= 4 is 40.4 Å². The highest BCUT2D eigenvalue weighted by Crippen LogP contribution is 2.38. The number of anilines is 2. The molecule has 5 nitrogen and oxygen atoms in total. The third-order valence-corrected chi connectivity index (χ3v) is 5.56. The fourth-order valence-corrected chi connectivity index (χ4v) is 3.71. The molecule has 32 heavy (non-hydrogen) atoms. The van der Waals surface area contributed by atoms with Gasteiger partial charge in [0.15, 0.2) is 0 Å². The molecule has 3 aromatic rings. The first-order valence-corrected chi connectivity index (χ1v) is 10.8. The summed E-state index contributed by atoms with van der Waals surface area (Å²) in [4.78, 5) is 28.3. The van der Waals surface area contributed by atoms with E-state index in [-0.39, 0.29) is 5.70 Å². The first-order chi connectivity index (χ1) is 15.5. The molecule has 0 saturated carbocycles. The van der Waals surface area contributed by atoms with Crippen LogP contribution in [0.1, 0.15) is 24.5 Å². The van der Waals surface area contributed by atoms with Crippen LogP contribution in [0.2, 0.25) is 5.02 Å². The van der Waals surface area contributed by atoms with Crippen LogP contribution in [0.15, 0.2) is 78.5 Å². The van der Waals surface area contributed by atoms with Crippen LogP contribution >= 0.6 is 11.6 Å². The second-order valence-electron chi connectivity index (χ2n) is 7.47. The van der Waals surface area contributed by atoms with E-state index in [0.717, 1.165) is 12.0 Å². The molecule has 1 heterocycles. The van der Waals surface area contributed by atoms with Gasteiger partial charge in [0.05, 0.1) is 17.9 Å². The van der Waals surface area contributed by atoms with Crippen molar-refractivity contribution in [2.75, 3.05) is 16.8 Å². The Morgan fingerprint density at radius 1 is 0.938 bits per heavy atom. The molecular formula is C26H23ClN2O3. The summed E-state index contributed by atoms with van der Waals surface area (Å²) in [5.74, 6) is -0.365. The van der Waals surface area contributed by atoms with E-state index < -0.39 is 11.8 Å². The zero-order valence-electron chi connectivity index (χ0n) is 17.9. The van der Waals surface area contributed by atoms with Crippen molar-refractivity contribution < 1.29 is 14.3 Å². The molecule has 3 aromatic carbocycles. The minimum atomic E-state index is -0.446. The van der Waals surface area contributed by atoms with Gasteiger partial charge in [-0.1, -0.05) is 67.1 Å². The number of hydrogen-bond acceptors (Lipinski definition) is 4. The number of benzene rings is 3. The van der Waals surface area contributed by atoms with Crippen molar-refractivity contribution in [1.82, 2.24) is 0 Å². The normalized spacial score (nSPS) is 13.7. The molecule has 0 unspecified atom stereocenters. The van der Waals surface area contributed by atoms with Crippen LogP contribution in [0.4, 0.5) is 11.4 Å². The molecule has 0 bridgehead atoms. The van der Waals surface area contributed by atoms with Gasteiger partial charge in [-0.05, 0) is 48.7 Å². The number of nitrogens with one attached hydrogen (secondary N) is 1. The van der Waals surface area contributed by atoms with Crippen molar-refractivity contribution in [1.29, 1.82) is 0 Å². The smallest absolute Gasteiger partial charge is 0.282 e. The maximum atomic E-state index is 13.6. The Morgan fingerprint density at radius 3 is 2.38 bits per heavy atom. The minimum absolute atomic E-state index is 0.200. The Kier molecular flexibility index (Phi) is 6.28. The van der Waals surface area contributed by atoms with E-state index in [1.54, 1.807) is 24.3 Å². The van der Waals surface area contributed by atoms with Crippen molar-refractivity contribution in [2.45, 2.75) is 20.3 Å². The number of aryl methyl sites for hydroxylation is 1. The molecule has 1 aliphatic rings. The summed E-state index contributed by atoms with van der Waals surface area (Å²) in [6, 6.07) is 21.7. The summed E-state index contributed by atoms with van der Waals surface area (Å²) in [5.41, 5.74) is 3.13. The molecule has 0 atom stereocenters. The van der Waals surface area contributed by atoms with E-state index in [0.29, 0.717) is 39.9 Å². The van der Waals surface area contributed by atoms with Crippen molar-refractivity contribution in [3.8, 4) is 5.75 Å². The van der Waals surface area contributed by atoms with E-state index in [4.69, 9.17) is 16.3 Å². The van der Waals surface area contributed by atoms with E-state index in [1.165, 1.54) is 4.90 Å². The van der Waals surface area contributed by atoms with Crippen molar-refractivity contribution in [3.05, 3.63) is 94.6 Å². The molecule has 6 heteroatoms. The lowest BCUT2D eigenvalue weighted by Crippen LogP contribution is -2.32. The minimum Gasteiger partial charge on any atom is -0.491 e. The maximum absolute atomic E-state index is 13.6. The summed E-state index contributed by atoms with van der Waals surface area (Å²) < 4.78 is 5.82. The topological polar surface area (TPSA) is 58.6 Å². The Hall–Kier alpha value is -3.57. The molecule has 0 fully saturated rings. The second kappa shape index (κ2) is 9.28. The third-order valence-electron chi connectivity index (χ3n) is 5.16. The molecular weight excluding hydrogens is 424 g/mol. The van der Waals surface area contributed by atoms with Crippen LogP contribution in [0.25, 0.3) is 5.57 Å². The Morgan fingerprint density at radius 2 is 1.66 bits per heavy atom. The quantitative estimate of drug-likeness (QED) is 0.463. The highest BCUT2D eigenvalue weighted by atomic mass is 35.5. The van der Waals surface area contributed by atoms with E-state index in [9.17, 15) is 9.59 Å².